The van der Waals surface area contributed by atoms with Crippen LogP contribution in [0.3, 0.4) is 0 Å². The number of nitrogens with zero attached hydrogens (tertiary/aromatic N) is 5. The predicted octanol–water partition coefficient (Wildman–Crippen LogP) is -0.702. The van der Waals surface area contributed by atoms with Crippen LogP contribution in [0.1, 0.15) is 33.7 Å². The molecule has 1 amide bonds. The number of aromatic nitrogens is 4. The SMILES string of the molecule is Cc1cc(C(=O)N2CCn3nc([C@@H](O)CS(C)(=O)=O)cc3C2)nc(N)n1. The number of nitrogens with two attached hydrogens (primary N) is 1. The van der Waals surface area contributed by atoms with Crippen LogP contribution in [-0.2, 0) is 22.9 Å². The molecule has 0 bridgehead atoms. The standard InChI is InChI=1S/C15H20N6O4S/c1-9-5-12(18-15(16)17-9)14(23)20-3-4-21-10(7-20)6-11(19-21)13(22)8-26(2,24)25/h5-6,13,22H,3-4,7-8H2,1-2H3,(H2,16,17,18)/t13-/m0/s1. The molecule has 0 unspecified atom stereocenters. The van der Waals surface area contributed by atoms with Gasteiger partial charge in [-0.3, -0.25) is 9.48 Å². The van der Waals surface area contributed by atoms with Crippen LogP contribution >= 0.6 is 0 Å². The average molecular weight is 380 g/mol. The van der Waals surface area contributed by atoms with Gasteiger partial charge in [0.1, 0.15) is 21.6 Å². The number of carbonyl (C=O) groups excluding carboxylic acids is 1. The van der Waals surface area contributed by atoms with Crippen molar-refractivity contribution in [3.05, 3.63) is 34.9 Å². The fourth-order valence-electron chi connectivity index (χ4n) is 2.86. The minimum absolute atomic E-state index is 0.0431. The normalized spacial score (nSPS) is 15.6. The van der Waals surface area contributed by atoms with E-state index in [0.29, 0.717) is 24.5 Å². The van der Waals surface area contributed by atoms with Gasteiger partial charge in [0, 0.05) is 18.5 Å². The molecule has 0 spiro atoms. The molecule has 1 aliphatic heterocycles. The first-order valence-corrected chi connectivity index (χ1v) is 10.0. The Morgan fingerprint density at radius 1 is 1.35 bits per heavy atom. The highest BCUT2D eigenvalue weighted by molar-refractivity contribution is 7.90. The summed E-state index contributed by atoms with van der Waals surface area (Å²) >= 11 is 0. The summed E-state index contributed by atoms with van der Waals surface area (Å²) in [5.41, 5.74) is 7.43. The lowest BCUT2D eigenvalue weighted by molar-refractivity contribution is 0.0699. The Labute approximate surface area is 150 Å². The van der Waals surface area contributed by atoms with Gasteiger partial charge in [0.05, 0.1) is 30.2 Å². The fraction of sp³-hybridized carbons (Fsp3) is 0.467. The monoisotopic (exact) mass is 380 g/mol. The van der Waals surface area contributed by atoms with Gasteiger partial charge in [0.25, 0.3) is 5.91 Å². The second-order valence-corrected chi connectivity index (χ2v) is 8.56. The summed E-state index contributed by atoms with van der Waals surface area (Å²) in [4.78, 5) is 22.2. The molecule has 1 aliphatic rings. The van der Waals surface area contributed by atoms with E-state index in [1.807, 2.05) is 0 Å². The summed E-state index contributed by atoms with van der Waals surface area (Å²) < 4.78 is 24.4. The van der Waals surface area contributed by atoms with Gasteiger partial charge in [-0.25, -0.2) is 18.4 Å². The molecule has 140 valence electrons. The van der Waals surface area contributed by atoms with Crippen molar-refractivity contribution >= 4 is 21.7 Å². The van der Waals surface area contributed by atoms with Gasteiger partial charge in [-0.1, -0.05) is 0 Å². The molecule has 3 heterocycles. The average Bonchev–Trinajstić information content (AvgIpc) is 2.95. The number of hydrogen-bond donors (Lipinski definition) is 2. The summed E-state index contributed by atoms with van der Waals surface area (Å²) in [6, 6.07) is 3.20. The van der Waals surface area contributed by atoms with Crippen molar-refractivity contribution in [1.82, 2.24) is 24.6 Å². The summed E-state index contributed by atoms with van der Waals surface area (Å²) in [5, 5.41) is 14.3. The van der Waals surface area contributed by atoms with Gasteiger partial charge in [-0.15, -0.1) is 0 Å². The Morgan fingerprint density at radius 3 is 2.73 bits per heavy atom. The van der Waals surface area contributed by atoms with Crippen molar-refractivity contribution in [2.24, 2.45) is 0 Å². The number of carbonyl (C=O) groups is 1. The lowest BCUT2D eigenvalue weighted by atomic mass is 10.2. The fourth-order valence-corrected chi connectivity index (χ4v) is 3.60. The van der Waals surface area contributed by atoms with Crippen LogP contribution in [0.25, 0.3) is 0 Å². The number of aryl methyl sites for hydroxylation is 1. The maximum atomic E-state index is 12.7. The van der Waals surface area contributed by atoms with E-state index >= 15 is 0 Å². The Kier molecular flexibility index (Phi) is 4.67. The molecule has 0 radical (unpaired) electrons. The number of aliphatic hydroxyl groups is 1. The minimum Gasteiger partial charge on any atom is -0.386 e. The van der Waals surface area contributed by atoms with Crippen molar-refractivity contribution in [1.29, 1.82) is 0 Å². The summed E-state index contributed by atoms with van der Waals surface area (Å²) in [7, 11) is -3.33. The molecule has 3 rings (SSSR count). The second-order valence-electron chi connectivity index (χ2n) is 6.37. The first-order chi connectivity index (χ1) is 12.1. The predicted molar refractivity (Wildman–Crippen MR) is 92.8 cm³/mol. The van der Waals surface area contributed by atoms with E-state index in [4.69, 9.17) is 5.73 Å². The third-order valence-electron chi connectivity index (χ3n) is 4.00. The van der Waals surface area contributed by atoms with E-state index in [2.05, 4.69) is 15.1 Å². The third-order valence-corrected chi connectivity index (χ3v) is 4.92. The van der Waals surface area contributed by atoms with Gasteiger partial charge in [-0.05, 0) is 19.1 Å². The first-order valence-electron chi connectivity index (χ1n) is 7.95. The molecular weight excluding hydrogens is 360 g/mol. The highest BCUT2D eigenvalue weighted by Gasteiger charge is 2.26. The molecule has 10 nitrogen and oxygen atoms in total. The van der Waals surface area contributed by atoms with Gasteiger partial charge < -0.3 is 15.7 Å². The molecule has 1 atom stereocenters. The van der Waals surface area contributed by atoms with Gasteiger partial charge in [-0.2, -0.15) is 5.10 Å². The zero-order valence-corrected chi connectivity index (χ0v) is 15.3. The van der Waals surface area contributed by atoms with Crippen LogP contribution in [0.15, 0.2) is 12.1 Å². The maximum Gasteiger partial charge on any atom is 0.273 e. The van der Waals surface area contributed by atoms with E-state index in [1.165, 1.54) is 0 Å². The van der Waals surface area contributed by atoms with E-state index in [9.17, 15) is 18.3 Å². The number of rotatable bonds is 4. The quantitative estimate of drug-likeness (QED) is 0.708. The van der Waals surface area contributed by atoms with Crippen LogP contribution in [0.5, 0.6) is 0 Å². The van der Waals surface area contributed by atoms with Crippen LogP contribution in [0, 0.1) is 6.92 Å². The Hall–Kier alpha value is -2.53. The van der Waals surface area contributed by atoms with Crippen LogP contribution in [0.2, 0.25) is 0 Å². The maximum absolute atomic E-state index is 12.7. The molecule has 3 N–H and O–H groups in total. The molecule has 0 fully saturated rings. The Bertz CT molecular complexity index is 935. The molecule has 0 saturated heterocycles. The van der Waals surface area contributed by atoms with Crippen LogP contribution in [0.4, 0.5) is 5.95 Å². The second kappa shape index (κ2) is 6.65. The smallest absolute Gasteiger partial charge is 0.273 e. The summed E-state index contributed by atoms with van der Waals surface area (Å²) in [6.45, 7) is 2.86. The summed E-state index contributed by atoms with van der Waals surface area (Å²) in [5.74, 6) is -0.625. The first kappa shape index (κ1) is 18.3. The van der Waals surface area contributed by atoms with Crippen LogP contribution in [-0.4, -0.2) is 62.6 Å². The molecule has 0 saturated carbocycles. The summed E-state index contributed by atoms with van der Waals surface area (Å²) in [6.07, 6.45) is -0.140. The van der Waals surface area contributed by atoms with Crippen molar-refractivity contribution in [2.45, 2.75) is 26.1 Å². The topological polar surface area (TPSA) is 144 Å². The number of nitrogen functional groups attached to an aromatic ring is 1. The highest BCUT2D eigenvalue weighted by atomic mass is 32.2. The lowest BCUT2D eigenvalue weighted by Gasteiger charge is -2.27. The molecule has 2 aromatic rings. The number of sulfone groups is 1. The number of fused-ring (bicyclic) bond motifs is 1. The lowest BCUT2D eigenvalue weighted by Crippen LogP contribution is -2.38. The zero-order valence-electron chi connectivity index (χ0n) is 14.5. The van der Waals surface area contributed by atoms with Crippen molar-refractivity contribution in [3.63, 3.8) is 0 Å². The van der Waals surface area contributed by atoms with Crippen molar-refractivity contribution < 1.29 is 18.3 Å². The zero-order chi connectivity index (χ0) is 19.1. The van der Waals surface area contributed by atoms with E-state index in [1.54, 1.807) is 28.6 Å². The number of aliphatic hydroxyl groups excluding tert-OH is 1. The molecular formula is C15H20N6O4S. The Morgan fingerprint density at radius 2 is 2.08 bits per heavy atom. The molecule has 2 aromatic heterocycles. The number of anilines is 1. The number of hydrogen-bond acceptors (Lipinski definition) is 8. The molecule has 11 heteroatoms. The van der Waals surface area contributed by atoms with E-state index < -0.39 is 21.7 Å². The third kappa shape index (κ3) is 3.99. The van der Waals surface area contributed by atoms with Crippen molar-refractivity contribution in [2.75, 3.05) is 24.3 Å². The number of amides is 1. The van der Waals surface area contributed by atoms with Gasteiger partial charge in [0.15, 0.2) is 0 Å². The Balaban J connectivity index is 1.78. The van der Waals surface area contributed by atoms with Crippen LogP contribution < -0.4 is 5.73 Å². The van der Waals surface area contributed by atoms with Gasteiger partial charge in [0.2, 0.25) is 5.95 Å². The van der Waals surface area contributed by atoms with Crippen molar-refractivity contribution in [3.8, 4) is 0 Å². The largest absolute Gasteiger partial charge is 0.386 e. The van der Waals surface area contributed by atoms with E-state index in [-0.39, 0.29) is 29.8 Å². The molecule has 0 aromatic carbocycles. The molecule has 0 aliphatic carbocycles. The van der Waals surface area contributed by atoms with E-state index in [0.717, 1.165) is 6.26 Å². The minimum atomic E-state index is -3.33. The molecule has 26 heavy (non-hydrogen) atoms. The van der Waals surface area contributed by atoms with Gasteiger partial charge >= 0.3 is 0 Å². The highest BCUT2D eigenvalue weighted by Crippen LogP contribution is 2.20.